The van der Waals surface area contributed by atoms with Crippen molar-refractivity contribution in [3.63, 3.8) is 0 Å². The van der Waals surface area contributed by atoms with Gasteiger partial charge in [0.1, 0.15) is 12.4 Å². The highest BCUT2D eigenvalue weighted by molar-refractivity contribution is 5.92. The lowest BCUT2D eigenvalue weighted by molar-refractivity contribution is -0.122. The molecule has 1 aromatic rings. The van der Waals surface area contributed by atoms with Crippen LogP contribution in [-0.2, 0) is 4.79 Å². The number of rotatable bonds is 6. The Balaban J connectivity index is 1.23. The molecule has 1 amide bonds. The topological polar surface area (TPSA) is 67.6 Å². The lowest BCUT2D eigenvalue weighted by Crippen LogP contribution is -2.48. The number of amides is 1. The molecule has 4 rings (SSSR count). The number of carbonyl (C=O) groups excluding carboxylic acids is 1. The summed E-state index contributed by atoms with van der Waals surface area (Å²) >= 11 is 0. The maximum atomic E-state index is 12.7. The van der Waals surface area contributed by atoms with Crippen molar-refractivity contribution in [3.05, 3.63) is 24.3 Å². The Morgan fingerprint density at radius 1 is 1.18 bits per heavy atom. The Hall–Kier alpha value is -1.59. The first-order chi connectivity index (χ1) is 13.6. The second kappa shape index (κ2) is 8.83. The summed E-state index contributed by atoms with van der Waals surface area (Å²) in [4.78, 5) is 15.2. The van der Waals surface area contributed by atoms with E-state index in [1.807, 2.05) is 24.3 Å². The van der Waals surface area contributed by atoms with Crippen molar-refractivity contribution in [2.75, 3.05) is 31.6 Å². The molecular formula is C23H35N3O2. The Morgan fingerprint density at radius 3 is 2.54 bits per heavy atom. The minimum absolute atomic E-state index is 0.105. The number of benzene rings is 1. The van der Waals surface area contributed by atoms with Gasteiger partial charge in [0.25, 0.3) is 0 Å². The van der Waals surface area contributed by atoms with E-state index in [-0.39, 0.29) is 11.8 Å². The molecule has 3 aliphatic rings. The van der Waals surface area contributed by atoms with E-state index in [0.717, 1.165) is 36.7 Å². The van der Waals surface area contributed by atoms with Crippen LogP contribution in [0.2, 0.25) is 0 Å². The summed E-state index contributed by atoms with van der Waals surface area (Å²) in [5.74, 6) is 2.98. The number of hydrogen-bond acceptors (Lipinski definition) is 4. The predicted molar refractivity (Wildman–Crippen MR) is 112 cm³/mol. The minimum Gasteiger partial charge on any atom is -0.492 e. The van der Waals surface area contributed by atoms with Gasteiger partial charge in [-0.25, -0.2) is 0 Å². The number of hydrogen-bond donors (Lipinski definition) is 2. The first kappa shape index (κ1) is 19.7. The number of nitrogens with zero attached hydrogens (tertiary/aromatic N) is 1. The van der Waals surface area contributed by atoms with Crippen molar-refractivity contribution < 1.29 is 9.53 Å². The number of ether oxygens (including phenoxy) is 1. The van der Waals surface area contributed by atoms with Gasteiger partial charge in [-0.2, -0.15) is 0 Å². The van der Waals surface area contributed by atoms with Crippen LogP contribution in [0.15, 0.2) is 24.3 Å². The van der Waals surface area contributed by atoms with E-state index in [2.05, 4.69) is 17.1 Å². The van der Waals surface area contributed by atoms with Crippen LogP contribution in [0.1, 0.15) is 45.4 Å². The van der Waals surface area contributed by atoms with Gasteiger partial charge >= 0.3 is 0 Å². The molecule has 28 heavy (non-hydrogen) atoms. The molecule has 5 heteroatoms. The highest BCUT2D eigenvalue weighted by atomic mass is 16.5. The molecule has 1 aromatic carbocycles. The molecule has 5 nitrogen and oxygen atoms in total. The summed E-state index contributed by atoms with van der Waals surface area (Å²) < 4.78 is 5.87. The number of likely N-dealkylation sites (tertiary alicyclic amines) is 1. The van der Waals surface area contributed by atoms with E-state index in [4.69, 9.17) is 10.5 Å². The monoisotopic (exact) mass is 385 g/mol. The van der Waals surface area contributed by atoms with Crippen molar-refractivity contribution in [2.24, 2.45) is 29.4 Å². The summed E-state index contributed by atoms with van der Waals surface area (Å²) in [6, 6.07) is 8.10. The molecule has 2 saturated carbocycles. The van der Waals surface area contributed by atoms with Gasteiger partial charge in [-0.1, -0.05) is 13.3 Å². The van der Waals surface area contributed by atoms with Crippen LogP contribution in [0, 0.1) is 23.7 Å². The van der Waals surface area contributed by atoms with Crippen LogP contribution in [0.3, 0.4) is 0 Å². The zero-order chi connectivity index (χ0) is 19.5. The quantitative estimate of drug-likeness (QED) is 0.786. The van der Waals surface area contributed by atoms with Crippen molar-refractivity contribution in [3.8, 4) is 5.75 Å². The molecule has 2 aliphatic carbocycles. The van der Waals surface area contributed by atoms with E-state index in [9.17, 15) is 4.79 Å². The molecule has 1 saturated heterocycles. The third-order valence-corrected chi connectivity index (χ3v) is 7.09. The zero-order valence-corrected chi connectivity index (χ0v) is 17.1. The average Bonchev–Trinajstić information content (AvgIpc) is 3.08. The van der Waals surface area contributed by atoms with Crippen LogP contribution in [0.25, 0.3) is 0 Å². The Morgan fingerprint density at radius 2 is 1.89 bits per heavy atom. The van der Waals surface area contributed by atoms with Gasteiger partial charge in [-0.15, -0.1) is 0 Å². The largest absolute Gasteiger partial charge is 0.492 e. The van der Waals surface area contributed by atoms with E-state index in [1.54, 1.807) is 0 Å². The molecule has 1 heterocycles. The third kappa shape index (κ3) is 4.69. The smallest absolute Gasteiger partial charge is 0.227 e. The first-order valence-corrected chi connectivity index (χ1v) is 11.1. The molecule has 154 valence electrons. The lowest BCUT2D eigenvalue weighted by atomic mass is 9.65. The maximum absolute atomic E-state index is 12.7. The molecule has 3 fully saturated rings. The molecule has 3 unspecified atom stereocenters. The molecule has 0 spiro atoms. The number of fused-ring (bicyclic) bond motifs is 2. The van der Waals surface area contributed by atoms with E-state index in [0.29, 0.717) is 24.5 Å². The molecule has 3 atom stereocenters. The van der Waals surface area contributed by atoms with Crippen LogP contribution in [0.5, 0.6) is 5.75 Å². The molecule has 0 aromatic heterocycles. The summed E-state index contributed by atoms with van der Waals surface area (Å²) in [5, 5.41) is 3.11. The number of nitrogens with one attached hydrogen (secondary N) is 1. The summed E-state index contributed by atoms with van der Waals surface area (Å²) in [5.41, 5.74) is 7.21. The van der Waals surface area contributed by atoms with Crippen molar-refractivity contribution in [1.29, 1.82) is 0 Å². The summed E-state index contributed by atoms with van der Waals surface area (Å²) in [6.45, 7) is 6.37. The standard InChI is InChI=1S/C23H35N3O2/c1-16-9-10-26(15-16)11-12-28-21-7-5-20(6-8-21)25-23(27)19-13-17-3-2-4-18(14-19)22(17)24/h5-8,16-19,22H,2-4,9-15,24H2,1H3,(H,25,27). The summed E-state index contributed by atoms with van der Waals surface area (Å²) in [7, 11) is 0. The molecule has 1 aliphatic heterocycles. The molecule has 2 bridgehead atoms. The van der Waals surface area contributed by atoms with Crippen LogP contribution in [0.4, 0.5) is 5.69 Å². The normalized spacial score (nSPS) is 32.9. The Labute approximate surface area is 169 Å². The highest BCUT2D eigenvalue weighted by Gasteiger charge is 2.40. The summed E-state index contributed by atoms with van der Waals surface area (Å²) in [6.07, 6.45) is 6.83. The van der Waals surface area contributed by atoms with Crippen molar-refractivity contribution >= 4 is 11.6 Å². The predicted octanol–water partition coefficient (Wildman–Crippen LogP) is 3.50. The van der Waals surface area contributed by atoms with Gasteiger partial charge in [0.05, 0.1) is 0 Å². The zero-order valence-electron chi connectivity index (χ0n) is 17.1. The van der Waals surface area contributed by atoms with Gasteiger partial charge < -0.3 is 15.8 Å². The van der Waals surface area contributed by atoms with E-state index < -0.39 is 0 Å². The average molecular weight is 386 g/mol. The SMILES string of the molecule is CC1CCN(CCOc2ccc(NC(=O)C3CC4CCCC(C3)C4N)cc2)C1. The molecule has 3 N–H and O–H groups in total. The fourth-order valence-electron chi connectivity index (χ4n) is 5.40. The van der Waals surface area contributed by atoms with Gasteiger partial charge in [-0.05, 0) is 80.7 Å². The van der Waals surface area contributed by atoms with Gasteiger partial charge in [-0.3, -0.25) is 9.69 Å². The van der Waals surface area contributed by atoms with Gasteiger partial charge in [0, 0.05) is 30.7 Å². The van der Waals surface area contributed by atoms with Gasteiger partial charge in [0.15, 0.2) is 0 Å². The third-order valence-electron chi connectivity index (χ3n) is 7.09. The number of carbonyl (C=O) groups is 1. The highest BCUT2D eigenvalue weighted by Crippen LogP contribution is 2.42. The molecule has 0 radical (unpaired) electrons. The second-order valence-corrected chi connectivity index (χ2v) is 9.25. The van der Waals surface area contributed by atoms with E-state index >= 15 is 0 Å². The van der Waals surface area contributed by atoms with Crippen LogP contribution < -0.4 is 15.8 Å². The first-order valence-electron chi connectivity index (χ1n) is 11.1. The van der Waals surface area contributed by atoms with Crippen molar-refractivity contribution in [2.45, 2.75) is 51.5 Å². The Kier molecular flexibility index (Phi) is 6.22. The van der Waals surface area contributed by atoms with Crippen molar-refractivity contribution in [1.82, 2.24) is 4.90 Å². The lowest BCUT2D eigenvalue weighted by Gasteiger charge is -2.43. The maximum Gasteiger partial charge on any atom is 0.227 e. The van der Waals surface area contributed by atoms with Crippen LogP contribution in [-0.4, -0.2) is 43.1 Å². The molecular weight excluding hydrogens is 350 g/mol. The van der Waals surface area contributed by atoms with Gasteiger partial charge in [0.2, 0.25) is 5.91 Å². The van der Waals surface area contributed by atoms with E-state index in [1.165, 1.54) is 38.8 Å². The fraction of sp³-hybridized carbons (Fsp3) is 0.696. The number of nitrogens with two attached hydrogens (primary N) is 1. The fourth-order valence-corrected chi connectivity index (χ4v) is 5.40. The van der Waals surface area contributed by atoms with Crippen LogP contribution >= 0.6 is 0 Å². The minimum atomic E-state index is 0.105. The number of anilines is 1. The second-order valence-electron chi connectivity index (χ2n) is 9.25. The Bertz CT molecular complexity index is 648.